The predicted octanol–water partition coefficient (Wildman–Crippen LogP) is 2.01. The number of nitrogens with two attached hydrogens (primary N) is 1. The second kappa shape index (κ2) is 7.28. The molecular weight excluding hydrogens is 368 g/mol. The van der Waals surface area contributed by atoms with Gasteiger partial charge in [0.1, 0.15) is 11.5 Å². The van der Waals surface area contributed by atoms with Crippen molar-refractivity contribution in [3.63, 3.8) is 0 Å². The molecule has 0 saturated heterocycles. The van der Waals surface area contributed by atoms with Gasteiger partial charge < -0.3 is 11.1 Å². The molecule has 0 spiro atoms. The van der Waals surface area contributed by atoms with Gasteiger partial charge in [-0.15, -0.1) is 11.6 Å². The summed E-state index contributed by atoms with van der Waals surface area (Å²) in [6.45, 7) is 0. The van der Waals surface area contributed by atoms with Gasteiger partial charge in [-0.05, 0) is 17.6 Å². The van der Waals surface area contributed by atoms with Gasteiger partial charge >= 0.3 is 5.69 Å². The van der Waals surface area contributed by atoms with E-state index >= 15 is 0 Å². The number of nitrogens with zero attached hydrogens (tertiary/aromatic N) is 1. The maximum atomic E-state index is 12.4. The Hall–Kier alpha value is -3.06. The van der Waals surface area contributed by atoms with Crippen LogP contribution in [-0.2, 0) is 11.8 Å². The zero-order valence-corrected chi connectivity index (χ0v) is 15.4. The number of halogens is 1. The topological polar surface area (TPSA) is 110 Å². The SMILES string of the molecule is Cn1c(=O)[nH]c(N)c(NC(=O)CC2(Cl)C=CC(c3ccccc3)=CC2)c1=O. The van der Waals surface area contributed by atoms with Crippen LogP contribution in [0.15, 0.2) is 58.1 Å². The van der Waals surface area contributed by atoms with Crippen LogP contribution in [-0.4, -0.2) is 20.3 Å². The van der Waals surface area contributed by atoms with E-state index in [0.29, 0.717) is 6.42 Å². The summed E-state index contributed by atoms with van der Waals surface area (Å²) >= 11 is 6.56. The molecule has 2 aromatic rings. The molecule has 0 fully saturated rings. The average Bonchev–Trinajstić information content (AvgIpc) is 2.64. The van der Waals surface area contributed by atoms with E-state index in [2.05, 4.69) is 10.3 Å². The molecule has 1 heterocycles. The number of rotatable bonds is 4. The fourth-order valence-electron chi connectivity index (χ4n) is 2.84. The summed E-state index contributed by atoms with van der Waals surface area (Å²) in [7, 11) is 1.29. The van der Waals surface area contributed by atoms with E-state index in [1.807, 2.05) is 42.5 Å². The van der Waals surface area contributed by atoms with Crippen LogP contribution in [0, 0.1) is 0 Å². The number of amides is 1. The van der Waals surface area contributed by atoms with Crippen molar-refractivity contribution in [1.29, 1.82) is 0 Å². The van der Waals surface area contributed by atoms with E-state index in [-0.39, 0.29) is 17.9 Å². The van der Waals surface area contributed by atoms with Crippen molar-refractivity contribution < 1.29 is 4.79 Å². The number of hydrogen-bond acceptors (Lipinski definition) is 4. The highest BCUT2D eigenvalue weighted by atomic mass is 35.5. The first-order valence-electron chi connectivity index (χ1n) is 8.31. The van der Waals surface area contributed by atoms with Crippen LogP contribution in [0.1, 0.15) is 18.4 Å². The number of nitrogen functional groups attached to an aromatic ring is 1. The zero-order valence-electron chi connectivity index (χ0n) is 14.7. The van der Waals surface area contributed by atoms with E-state index in [0.717, 1.165) is 15.7 Å². The van der Waals surface area contributed by atoms with Gasteiger partial charge in [0.05, 0.1) is 4.87 Å². The molecule has 1 atom stereocenters. The summed E-state index contributed by atoms with van der Waals surface area (Å²) in [6.07, 6.45) is 6.05. The number of hydrogen-bond donors (Lipinski definition) is 3. The van der Waals surface area contributed by atoms with Crippen LogP contribution >= 0.6 is 11.6 Å². The maximum absolute atomic E-state index is 12.4. The fourth-order valence-corrected chi connectivity index (χ4v) is 3.10. The summed E-state index contributed by atoms with van der Waals surface area (Å²) in [5.74, 6) is -0.660. The molecule has 1 unspecified atom stereocenters. The molecule has 27 heavy (non-hydrogen) atoms. The Labute approximate surface area is 160 Å². The first-order valence-corrected chi connectivity index (χ1v) is 8.69. The minimum absolute atomic E-state index is 0.0503. The Morgan fingerprint density at radius 3 is 2.67 bits per heavy atom. The molecule has 1 aromatic carbocycles. The van der Waals surface area contributed by atoms with E-state index < -0.39 is 22.0 Å². The van der Waals surface area contributed by atoms with E-state index in [9.17, 15) is 14.4 Å². The lowest BCUT2D eigenvalue weighted by Crippen LogP contribution is -2.37. The number of alkyl halides is 1. The molecule has 0 saturated carbocycles. The van der Waals surface area contributed by atoms with E-state index in [1.54, 1.807) is 6.08 Å². The Kier molecular flexibility index (Phi) is 5.05. The smallest absolute Gasteiger partial charge is 0.329 e. The van der Waals surface area contributed by atoms with Gasteiger partial charge in [0, 0.05) is 13.5 Å². The lowest BCUT2D eigenvalue weighted by Gasteiger charge is -2.25. The predicted molar refractivity (Wildman–Crippen MR) is 107 cm³/mol. The molecule has 0 bridgehead atoms. The van der Waals surface area contributed by atoms with Crippen molar-refractivity contribution in [2.45, 2.75) is 17.7 Å². The first-order chi connectivity index (χ1) is 12.8. The molecule has 0 aliphatic heterocycles. The minimum atomic E-state index is -0.898. The van der Waals surface area contributed by atoms with Crippen molar-refractivity contribution in [2.75, 3.05) is 11.1 Å². The highest BCUT2D eigenvalue weighted by molar-refractivity contribution is 6.27. The Morgan fingerprint density at radius 2 is 2.04 bits per heavy atom. The largest absolute Gasteiger partial charge is 0.383 e. The normalized spacial score (nSPS) is 18.8. The monoisotopic (exact) mass is 386 g/mol. The van der Waals surface area contributed by atoms with Crippen LogP contribution < -0.4 is 22.3 Å². The number of aromatic amines is 1. The van der Waals surface area contributed by atoms with Crippen LogP contribution in [0.25, 0.3) is 5.57 Å². The molecule has 1 aliphatic carbocycles. The quantitative estimate of drug-likeness (QED) is 0.698. The third-order valence-electron chi connectivity index (χ3n) is 4.38. The zero-order chi connectivity index (χ0) is 19.6. The minimum Gasteiger partial charge on any atom is -0.383 e. The Balaban J connectivity index is 1.72. The van der Waals surface area contributed by atoms with Crippen LogP contribution in [0.4, 0.5) is 11.5 Å². The summed E-state index contributed by atoms with van der Waals surface area (Å²) in [4.78, 5) is 37.4. The van der Waals surface area contributed by atoms with Gasteiger partial charge in [-0.1, -0.05) is 48.6 Å². The molecule has 8 heteroatoms. The third-order valence-corrected chi connectivity index (χ3v) is 4.80. The molecule has 4 N–H and O–H groups in total. The van der Waals surface area contributed by atoms with E-state index in [4.69, 9.17) is 17.3 Å². The first kappa shape index (κ1) is 18.7. The highest BCUT2D eigenvalue weighted by Gasteiger charge is 2.29. The molecule has 1 aliphatic rings. The summed E-state index contributed by atoms with van der Waals surface area (Å²) in [6, 6.07) is 9.85. The molecule has 3 rings (SSSR count). The van der Waals surface area contributed by atoms with Gasteiger partial charge in [-0.2, -0.15) is 0 Å². The van der Waals surface area contributed by atoms with Gasteiger partial charge in [0.25, 0.3) is 5.56 Å². The summed E-state index contributed by atoms with van der Waals surface area (Å²) in [5.41, 5.74) is 6.25. The fraction of sp³-hybridized carbons (Fsp3) is 0.211. The number of nitrogens with one attached hydrogen (secondary N) is 2. The Morgan fingerprint density at radius 1 is 1.33 bits per heavy atom. The second-order valence-electron chi connectivity index (χ2n) is 6.41. The number of benzene rings is 1. The van der Waals surface area contributed by atoms with Gasteiger partial charge in [-0.25, -0.2) is 4.79 Å². The number of allylic oxidation sites excluding steroid dienone is 4. The van der Waals surface area contributed by atoms with Crippen molar-refractivity contribution in [1.82, 2.24) is 9.55 Å². The molecule has 140 valence electrons. The van der Waals surface area contributed by atoms with Crippen LogP contribution in [0.2, 0.25) is 0 Å². The van der Waals surface area contributed by atoms with Crippen molar-refractivity contribution in [3.8, 4) is 0 Å². The molecule has 7 nitrogen and oxygen atoms in total. The molecular formula is C19H19ClN4O3. The van der Waals surface area contributed by atoms with Gasteiger partial charge in [-0.3, -0.25) is 19.1 Å². The van der Waals surface area contributed by atoms with Crippen molar-refractivity contribution >= 4 is 34.6 Å². The lowest BCUT2D eigenvalue weighted by atomic mass is 9.90. The van der Waals surface area contributed by atoms with Crippen LogP contribution in [0.3, 0.4) is 0 Å². The number of aromatic nitrogens is 2. The number of carbonyl (C=O) groups is 1. The van der Waals surface area contributed by atoms with Gasteiger partial charge in [0.15, 0.2) is 0 Å². The maximum Gasteiger partial charge on any atom is 0.329 e. The van der Waals surface area contributed by atoms with Crippen LogP contribution in [0.5, 0.6) is 0 Å². The molecule has 1 amide bonds. The molecule has 0 radical (unpaired) electrons. The molecule has 1 aromatic heterocycles. The van der Waals surface area contributed by atoms with Crippen molar-refractivity contribution in [2.24, 2.45) is 7.05 Å². The third kappa shape index (κ3) is 4.03. The average molecular weight is 387 g/mol. The van der Waals surface area contributed by atoms with Gasteiger partial charge in [0.2, 0.25) is 5.91 Å². The highest BCUT2D eigenvalue weighted by Crippen LogP contribution is 2.34. The van der Waals surface area contributed by atoms with Crippen molar-refractivity contribution in [3.05, 3.63) is 75.0 Å². The number of anilines is 2. The lowest BCUT2D eigenvalue weighted by molar-refractivity contribution is -0.116. The number of H-pyrrole nitrogens is 1. The number of carbonyl (C=O) groups excluding carboxylic acids is 1. The summed E-state index contributed by atoms with van der Waals surface area (Å²) in [5, 5.41) is 2.46. The second-order valence-corrected chi connectivity index (χ2v) is 7.16. The Bertz CT molecular complexity index is 1050. The van der Waals surface area contributed by atoms with E-state index in [1.165, 1.54) is 7.05 Å². The summed E-state index contributed by atoms with van der Waals surface area (Å²) < 4.78 is 0.831. The standard InChI is InChI=1S/C19H19ClN4O3/c1-24-17(26)15(16(21)23-18(24)27)22-14(25)11-19(20)9-7-13(8-10-19)12-5-3-2-4-6-12/h2-9H,10-11,21H2,1H3,(H,22,25)(H,23,27).